The highest BCUT2D eigenvalue weighted by Gasteiger charge is 2.18. The van der Waals surface area contributed by atoms with Crippen molar-refractivity contribution in [3.05, 3.63) is 53.7 Å². The zero-order valence-electron chi connectivity index (χ0n) is 15.8. The number of rotatable bonds is 6. The number of aromatic nitrogens is 1. The van der Waals surface area contributed by atoms with Crippen molar-refractivity contribution in [3.8, 4) is 11.5 Å². The lowest BCUT2D eigenvalue weighted by Gasteiger charge is -2.21. The molecule has 0 saturated carbocycles. The van der Waals surface area contributed by atoms with Crippen LogP contribution in [0.25, 0.3) is 11.0 Å². The Morgan fingerprint density at radius 3 is 2.79 bits per heavy atom. The van der Waals surface area contributed by atoms with E-state index in [-0.39, 0.29) is 19.1 Å². The van der Waals surface area contributed by atoms with E-state index in [1.165, 1.54) is 0 Å². The van der Waals surface area contributed by atoms with Crippen LogP contribution in [0.2, 0.25) is 0 Å². The average molecular weight is 396 g/mol. The predicted octanol–water partition coefficient (Wildman–Crippen LogP) is 2.56. The molecule has 2 heterocycles. The summed E-state index contributed by atoms with van der Waals surface area (Å²) < 4.78 is 21.3. The van der Waals surface area contributed by atoms with Gasteiger partial charge in [0.1, 0.15) is 18.9 Å². The smallest absolute Gasteiger partial charge is 0.312 e. The van der Waals surface area contributed by atoms with E-state index in [2.05, 4.69) is 10.5 Å². The predicted molar refractivity (Wildman–Crippen MR) is 103 cm³/mol. The minimum atomic E-state index is -0.550. The zero-order valence-corrected chi connectivity index (χ0v) is 15.8. The monoisotopic (exact) mass is 396 g/mol. The third kappa shape index (κ3) is 4.31. The molecule has 0 aliphatic carbocycles. The standard InChI is InChI=1S/C21H20N2O6/c1-13(14-6-7-18-19(10-14)27-9-8-26-18)22-20(24)12-28-21(25)11-16-15-4-2-3-5-17(15)29-23-16/h2-7,10,13H,8-9,11-12H2,1H3,(H,22,24)/t13-/m0/s1. The number of ether oxygens (including phenoxy) is 3. The van der Waals surface area contributed by atoms with Crippen molar-refractivity contribution in [1.82, 2.24) is 10.5 Å². The van der Waals surface area contributed by atoms with Crippen LogP contribution in [0.5, 0.6) is 11.5 Å². The number of amides is 1. The fraction of sp³-hybridized carbons (Fsp3) is 0.286. The molecule has 1 amide bonds. The minimum Gasteiger partial charge on any atom is -0.486 e. The number of nitrogens with zero attached hydrogens (tertiary/aromatic N) is 1. The first-order valence-corrected chi connectivity index (χ1v) is 9.28. The Hall–Kier alpha value is -3.55. The van der Waals surface area contributed by atoms with Gasteiger partial charge in [-0.15, -0.1) is 0 Å². The van der Waals surface area contributed by atoms with Crippen LogP contribution in [0.15, 0.2) is 47.0 Å². The fourth-order valence-electron chi connectivity index (χ4n) is 3.10. The number of benzene rings is 2. The normalized spacial score (nSPS) is 13.7. The molecule has 1 aromatic heterocycles. The van der Waals surface area contributed by atoms with E-state index < -0.39 is 11.9 Å². The van der Waals surface area contributed by atoms with Gasteiger partial charge in [-0.1, -0.05) is 23.4 Å². The highest BCUT2D eigenvalue weighted by Crippen LogP contribution is 2.32. The van der Waals surface area contributed by atoms with Gasteiger partial charge in [0.25, 0.3) is 5.91 Å². The Labute approximate surface area is 166 Å². The molecule has 0 saturated heterocycles. The van der Waals surface area contributed by atoms with E-state index in [0.717, 1.165) is 10.9 Å². The molecule has 4 rings (SSSR count). The van der Waals surface area contributed by atoms with Crippen molar-refractivity contribution in [2.75, 3.05) is 19.8 Å². The first kappa shape index (κ1) is 18.8. The molecule has 1 aliphatic heterocycles. The summed E-state index contributed by atoms with van der Waals surface area (Å²) in [6.45, 7) is 2.48. The van der Waals surface area contributed by atoms with Crippen LogP contribution >= 0.6 is 0 Å². The molecule has 3 aromatic rings. The average Bonchev–Trinajstić information content (AvgIpc) is 3.14. The topological polar surface area (TPSA) is 99.9 Å². The van der Waals surface area contributed by atoms with Gasteiger partial charge in [0.15, 0.2) is 23.7 Å². The van der Waals surface area contributed by atoms with Crippen molar-refractivity contribution in [3.63, 3.8) is 0 Å². The second-order valence-corrected chi connectivity index (χ2v) is 6.66. The van der Waals surface area contributed by atoms with Crippen LogP contribution in [0.4, 0.5) is 0 Å². The quantitative estimate of drug-likeness (QED) is 0.639. The molecule has 2 aromatic carbocycles. The first-order chi connectivity index (χ1) is 14.1. The molecule has 1 atom stereocenters. The third-order valence-corrected chi connectivity index (χ3v) is 4.57. The minimum absolute atomic E-state index is 0.0675. The van der Waals surface area contributed by atoms with Gasteiger partial charge in [-0.25, -0.2) is 0 Å². The van der Waals surface area contributed by atoms with Crippen LogP contribution in [0, 0.1) is 0 Å². The molecule has 150 valence electrons. The maximum Gasteiger partial charge on any atom is 0.312 e. The molecular formula is C21H20N2O6. The highest BCUT2D eigenvalue weighted by atomic mass is 16.6. The summed E-state index contributed by atoms with van der Waals surface area (Å²) in [6.07, 6.45) is -0.0675. The molecule has 8 heteroatoms. The second kappa shape index (κ2) is 8.22. The summed E-state index contributed by atoms with van der Waals surface area (Å²) in [5.41, 5.74) is 1.94. The van der Waals surface area contributed by atoms with Crippen molar-refractivity contribution in [2.45, 2.75) is 19.4 Å². The largest absolute Gasteiger partial charge is 0.486 e. The molecule has 1 aliphatic rings. The summed E-state index contributed by atoms with van der Waals surface area (Å²) in [6, 6.07) is 12.5. The van der Waals surface area contributed by atoms with Crippen LogP contribution < -0.4 is 14.8 Å². The number of carbonyl (C=O) groups excluding carboxylic acids is 2. The van der Waals surface area contributed by atoms with Crippen molar-refractivity contribution >= 4 is 22.8 Å². The molecular weight excluding hydrogens is 376 g/mol. The Morgan fingerprint density at radius 2 is 1.93 bits per heavy atom. The summed E-state index contributed by atoms with van der Waals surface area (Å²) in [4.78, 5) is 24.2. The van der Waals surface area contributed by atoms with E-state index in [1.54, 1.807) is 6.07 Å². The third-order valence-electron chi connectivity index (χ3n) is 4.57. The van der Waals surface area contributed by atoms with Gasteiger partial charge in [0.05, 0.1) is 12.5 Å². The van der Waals surface area contributed by atoms with Crippen molar-refractivity contribution in [2.24, 2.45) is 0 Å². The van der Waals surface area contributed by atoms with Gasteiger partial charge in [-0.05, 0) is 36.8 Å². The maximum atomic E-state index is 12.2. The molecule has 29 heavy (non-hydrogen) atoms. The van der Waals surface area contributed by atoms with Gasteiger partial charge in [0.2, 0.25) is 0 Å². The SMILES string of the molecule is C[C@H](NC(=O)COC(=O)Cc1noc2ccccc12)c1ccc2c(c1)OCCO2. The Bertz CT molecular complexity index is 1040. The summed E-state index contributed by atoms with van der Waals surface area (Å²) in [5.74, 6) is 0.394. The molecule has 0 radical (unpaired) electrons. The first-order valence-electron chi connectivity index (χ1n) is 9.28. The number of esters is 1. The Morgan fingerprint density at radius 1 is 1.14 bits per heavy atom. The van der Waals surface area contributed by atoms with Gasteiger partial charge < -0.3 is 24.1 Å². The Balaban J connectivity index is 1.28. The van der Waals surface area contributed by atoms with Crippen LogP contribution in [0.3, 0.4) is 0 Å². The summed E-state index contributed by atoms with van der Waals surface area (Å²) >= 11 is 0. The number of hydrogen-bond acceptors (Lipinski definition) is 7. The molecule has 8 nitrogen and oxygen atoms in total. The lowest BCUT2D eigenvalue weighted by Crippen LogP contribution is -2.31. The molecule has 0 fully saturated rings. The molecule has 1 N–H and O–H groups in total. The summed E-state index contributed by atoms with van der Waals surface area (Å²) in [5, 5.41) is 7.44. The number of hydrogen-bond donors (Lipinski definition) is 1. The van der Waals surface area contributed by atoms with Crippen molar-refractivity contribution < 1.29 is 28.3 Å². The van der Waals surface area contributed by atoms with Gasteiger partial charge >= 0.3 is 5.97 Å². The van der Waals surface area contributed by atoms with Gasteiger partial charge in [-0.2, -0.15) is 0 Å². The number of fused-ring (bicyclic) bond motifs is 2. The lowest BCUT2D eigenvalue weighted by molar-refractivity contribution is -0.148. The fourth-order valence-corrected chi connectivity index (χ4v) is 3.10. The van der Waals surface area contributed by atoms with E-state index in [1.807, 2.05) is 43.3 Å². The van der Waals surface area contributed by atoms with E-state index in [0.29, 0.717) is 36.0 Å². The van der Waals surface area contributed by atoms with Gasteiger partial charge in [0, 0.05) is 5.39 Å². The van der Waals surface area contributed by atoms with E-state index in [9.17, 15) is 9.59 Å². The van der Waals surface area contributed by atoms with Crippen LogP contribution in [-0.2, 0) is 20.7 Å². The number of para-hydroxylation sites is 1. The van der Waals surface area contributed by atoms with Crippen LogP contribution in [0.1, 0.15) is 24.2 Å². The lowest BCUT2D eigenvalue weighted by atomic mass is 10.1. The van der Waals surface area contributed by atoms with Gasteiger partial charge in [-0.3, -0.25) is 9.59 Å². The number of nitrogens with one attached hydrogen (secondary N) is 1. The molecule has 0 bridgehead atoms. The van der Waals surface area contributed by atoms with E-state index >= 15 is 0 Å². The highest BCUT2D eigenvalue weighted by molar-refractivity contribution is 5.85. The van der Waals surface area contributed by atoms with E-state index in [4.69, 9.17) is 18.7 Å². The zero-order chi connectivity index (χ0) is 20.2. The second-order valence-electron chi connectivity index (χ2n) is 6.66. The summed E-state index contributed by atoms with van der Waals surface area (Å²) in [7, 11) is 0. The Kier molecular flexibility index (Phi) is 5.33. The van der Waals surface area contributed by atoms with Crippen LogP contribution in [-0.4, -0.2) is 36.9 Å². The molecule has 0 unspecified atom stereocenters. The van der Waals surface area contributed by atoms with Crippen molar-refractivity contribution in [1.29, 1.82) is 0 Å². The maximum absolute atomic E-state index is 12.2. The number of carbonyl (C=O) groups is 2. The molecule has 0 spiro atoms.